The van der Waals surface area contributed by atoms with Gasteiger partial charge >= 0.3 is 5.97 Å². The standard InChI is InChI=1S/C17H24N2O4/c1-2-23-14-10-11(8-9-13(14)17(21)22)15(16(18)20)19-12-6-4-3-5-7-12/h8-10,12,15,19H,2-7H2,1H3,(H2,18,20)(H,21,22). The van der Waals surface area contributed by atoms with Gasteiger partial charge in [-0.25, -0.2) is 4.79 Å². The number of hydrogen-bond acceptors (Lipinski definition) is 4. The topological polar surface area (TPSA) is 102 Å². The van der Waals surface area contributed by atoms with Gasteiger partial charge < -0.3 is 15.6 Å². The average molecular weight is 320 g/mol. The second-order valence-corrected chi connectivity index (χ2v) is 5.83. The molecule has 1 saturated carbocycles. The molecule has 2 rings (SSSR count). The van der Waals surface area contributed by atoms with E-state index in [1.54, 1.807) is 19.1 Å². The quantitative estimate of drug-likeness (QED) is 0.715. The van der Waals surface area contributed by atoms with Crippen molar-refractivity contribution in [3.63, 3.8) is 0 Å². The summed E-state index contributed by atoms with van der Waals surface area (Å²) in [5.74, 6) is -1.27. The second kappa shape index (κ2) is 7.97. The first-order valence-electron chi connectivity index (χ1n) is 8.08. The number of hydrogen-bond donors (Lipinski definition) is 3. The van der Waals surface area contributed by atoms with Crippen LogP contribution in [0.1, 0.15) is 61.0 Å². The summed E-state index contributed by atoms with van der Waals surface area (Å²) in [6, 6.07) is 4.30. The Morgan fingerprint density at radius 2 is 2.04 bits per heavy atom. The lowest BCUT2D eigenvalue weighted by molar-refractivity contribution is -0.120. The van der Waals surface area contributed by atoms with Crippen molar-refractivity contribution >= 4 is 11.9 Å². The SMILES string of the molecule is CCOc1cc(C(NC2CCCCC2)C(N)=O)ccc1C(=O)O. The fourth-order valence-electron chi connectivity index (χ4n) is 3.02. The van der Waals surface area contributed by atoms with Crippen LogP contribution in [0.5, 0.6) is 5.75 Å². The number of aromatic carboxylic acids is 1. The zero-order valence-electron chi connectivity index (χ0n) is 13.4. The van der Waals surface area contributed by atoms with E-state index in [1.165, 1.54) is 12.5 Å². The van der Waals surface area contributed by atoms with Crippen molar-refractivity contribution in [1.29, 1.82) is 0 Å². The summed E-state index contributed by atoms with van der Waals surface area (Å²) in [5, 5.41) is 12.5. The molecule has 0 heterocycles. The number of carbonyl (C=O) groups excluding carboxylic acids is 1. The van der Waals surface area contributed by atoms with Crippen LogP contribution in [0.3, 0.4) is 0 Å². The van der Waals surface area contributed by atoms with E-state index in [9.17, 15) is 14.7 Å². The lowest BCUT2D eigenvalue weighted by Gasteiger charge is -2.27. The molecule has 4 N–H and O–H groups in total. The normalized spacial score (nSPS) is 16.7. The van der Waals surface area contributed by atoms with Crippen molar-refractivity contribution in [1.82, 2.24) is 5.32 Å². The molecule has 1 aliphatic carbocycles. The van der Waals surface area contributed by atoms with E-state index < -0.39 is 17.9 Å². The molecule has 0 spiro atoms. The summed E-state index contributed by atoms with van der Waals surface area (Å²) in [5.41, 5.74) is 6.26. The van der Waals surface area contributed by atoms with Gasteiger partial charge in [-0.2, -0.15) is 0 Å². The number of nitrogens with one attached hydrogen (secondary N) is 1. The number of benzene rings is 1. The van der Waals surface area contributed by atoms with Gasteiger partial charge in [0.25, 0.3) is 0 Å². The van der Waals surface area contributed by atoms with Crippen molar-refractivity contribution in [2.24, 2.45) is 5.73 Å². The monoisotopic (exact) mass is 320 g/mol. The first-order valence-corrected chi connectivity index (χ1v) is 8.08. The highest BCUT2D eigenvalue weighted by Crippen LogP contribution is 2.26. The lowest BCUT2D eigenvalue weighted by Crippen LogP contribution is -2.41. The minimum Gasteiger partial charge on any atom is -0.493 e. The summed E-state index contributed by atoms with van der Waals surface area (Å²) < 4.78 is 5.40. The van der Waals surface area contributed by atoms with E-state index in [0.29, 0.717) is 12.2 Å². The minimum absolute atomic E-state index is 0.0801. The number of nitrogens with two attached hydrogens (primary N) is 1. The van der Waals surface area contributed by atoms with Gasteiger partial charge in [0.15, 0.2) is 0 Å². The molecule has 6 heteroatoms. The van der Waals surface area contributed by atoms with Crippen LogP contribution < -0.4 is 15.8 Å². The van der Waals surface area contributed by atoms with E-state index in [4.69, 9.17) is 10.5 Å². The van der Waals surface area contributed by atoms with Crippen molar-refractivity contribution in [2.75, 3.05) is 6.61 Å². The molecule has 1 atom stereocenters. The predicted molar refractivity (Wildman–Crippen MR) is 86.5 cm³/mol. The van der Waals surface area contributed by atoms with Gasteiger partial charge in [-0.05, 0) is 37.5 Å². The smallest absolute Gasteiger partial charge is 0.339 e. The Bertz CT molecular complexity index is 568. The highest BCUT2D eigenvalue weighted by molar-refractivity contribution is 5.91. The number of carboxylic acids is 1. The van der Waals surface area contributed by atoms with Crippen molar-refractivity contribution < 1.29 is 19.4 Å². The molecule has 126 valence electrons. The molecule has 1 aromatic rings. The number of carbonyl (C=O) groups is 2. The summed E-state index contributed by atoms with van der Waals surface area (Å²) in [4.78, 5) is 23.1. The molecule has 0 bridgehead atoms. The van der Waals surface area contributed by atoms with Gasteiger partial charge in [0.05, 0.1) is 6.61 Å². The molecule has 1 fully saturated rings. The first-order chi connectivity index (χ1) is 11.0. The molecule has 1 aliphatic rings. The van der Waals surface area contributed by atoms with Gasteiger partial charge in [-0.15, -0.1) is 0 Å². The van der Waals surface area contributed by atoms with Gasteiger partial charge in [0.2, 0.25) is 5.91 Å². The third-order valence-electron chi connectivity index (χ3n) is 4.16. The molecule has 0 aromatic heterocycles. The van der Waals surface area contributed by atoms with Crippen molar-refractivity contribution in [3.8, 4) is 5.75 Å². The number of amides is 1. The maximum absolute atomic E-state index is 11.9. The molecule has 23 heavy (non-hydrogen) atoms. The Labute approximate surface area is 136 Å². The fourth-order valence-corrected chi connectivity index (χ4v) is 3.02. The third kappa shape index (κ3) is 4.45. The molecule has 1 amide bonds. The molecule has 0 radical (unpaired) electrons. The van der Waals surface area contributed by atoms with E-state index in [2.05, 4.69) is 5.32 Å². The van der Waals surface area contributed by atoms with E-state index in [1.807, 2.05) is 0 Å². The summed E-state index contributed by atoms with van der Waals surface area (Å²) in [6.45, 7) is 2.13. The van der Waals surface area contributed by atoms with Crippen molar-refractivity contribution in [3.05, 3.63) is 29.3 Å². The zero-order valence-corrected chi connectivity index (χ0v) is 13.4. The van der Waals surface area contributed by atoms with Crippen molar-refractivity contribution in [2.45, 2.75) is 51.1 Å². The minimum atomic E-state index is -1.06. The van der Waals surface area contributed by atoms with Gasteiger partial charge in [0.1, 0.15) is 17.4 Å². The average Bonchev–Trinajstić information content (AvgIpc) is 2.53. The molecular weight excluding hydrogens is 296 g/mol. The maximum atomic E-state index is 11.9. The van der Waals surface area contributed by atoms with Gasteiger partial charge in [0, 0.05) is 6.04 Å². The Balaban J connectivity index is 2.25. The summed E-state index contributed by atoms with van der Waals surface area (Å²) in [6.07, 6.45) is 5.56. The molecule has 0 aliphatic heterocycles. The molecule has 1 unspecified atom stereocenters. The van der Waals surface area contributed by atoms with Crippen LogP contribution in [-0.2, 0) is 4.79 Å². The zero-order chi connectivity index (χ0) is 16.8. The van der Waals surface area contributed by atoms with Crippen LogP contribution in [-0.4, -0.2) is 29.6 Å². The molecular formula is C17H24N2O4. The highest BCUT2D eigenvalue weighted by Gasteiger charge is 2.24. The van der Waals surface area contributed by atoms with E-state index in [0.717, 1.165) is 25.7 Å². The van der Waals surface area contributed by atoms with Crippen LogP contribution in [0.25, 0.3) is 0 Å². The largest absolute Gasteiger partial charge is 0.493 e. The molecule has 6 nitrogen and oxygen atoms in total. The Hall–Kier alpha value is -2.08. The molecule has 1 aromatic carbocycles. The molecule has 0 saturated heterocycles. The summed E-state index contributed by atoms with van der Waals surface area (Å²) in [7, 11) is 0. The van der Waals surface area contributed by atoms with Crippen LogP contribution >= 0.6 is 0 Å². The third-order valence-corrected chi connectivity index (χ3v) is 4.16. The van der Waals surface area contributed by atoms with Gasteiger partial charge in [-0.1, -0.05) is 25.3 Å². The number of rotatable bonds is 7. The fraction of sp³-hybridized carbons (Fsp3) is 0.529. The lowest BCUT2D eigenvalue weighted by atomic mass is 9.93. The number of carboxylic acid groups (broad SMARTS) is 1. The number of ether oxygens (including phenoxy) is 1. The van der Waals surface area contributed by atoms with E-state index >= 15 is 0 Å². The second-order valence-electron chi connectivity index (χ2n) is 5.83. The van der Waals surface area contributed by atoms with Gasteiger partial charge in [-0.3, -0.25) is 10.1 Å². The Morgan fingerprint density at radius 1 is 1.35 bits per heavy atom. The van der Waals surface area contributed by atoms with Crippen LogP contribution in [0.15, 0.2) is 18.2 Å². The van der Waals surface area contributed by atoms with E-state index in [-0.39, 0.29) is 17.4 Å². The first kappa shape index (κ1) is 17.3. The van der Waals surface area contributed by atoms with Crippen LogP contribution in [0, 0.1) is 0 Å². The predicted octanol–water partition coefficient (Wildman–Crippen LogP) is 2.23. The van der Waals surface area contributed by atoms with Crippen LogP contribution in [0.2, 0.25) is 0 Å². The Morgan fingerprint density at radius 3 is 2.61 bits per heavy atom. The number of primary amides is 1. The summed E-state index contributed by atoms with van der Waals surface area (Å²) >= 11 is 0. The Kier molecular flexibility index (Phi) is 5.98. The maximum Gasteiger partial charge on any atom is 0.339 e. The highest BCUT2D eigenvalue weighted by atomic mass is 16.5. The van der Waals surface area contributed by atoms with Crippen LogP contribution in [0.4, 0.5) is 0 Å².